The molecule has 96 valence electrons. The van der Waals surface area contributed by atoms with E-state index in [1.54, 1.807) is 24.2 Å². The van der Waals surface area contributed by atoms with E-state index >= 15 is 0 Å². The Balaban J connectivity index is 2.41. The van der Waals surface area contributed by atoms with Crippen LogP contribution in [-0.2, 0) is 7.05 Å². The van der Waals surface area contributed by atoms with Crippen LogP contribution in [0.25, 0.3) is 0 Å². The lowest BCUT2D eigenvalue weighted by atomic mass is 10.1. The number of ether oxygens (including phenoxy) is 1. The van der Waals surface area contributed by atoms with E-state index in [0.29, 0.717) is 5.88 Å². The van der Waals surface area contributed by atoms with Crippen LogP contribution in [0.1, 0.15) is 24.2 Å². The third-order valence-corrected chi connectivity index (χ3v) is 2.62. The molecule has 0 saturated carbocycles. The number of hydrogen-bond acceptors (Lipinski definition) is 5. The van der Waals surface area contributed by atoms with Crippen molar-refractivity contribution in [3.05, 3.63) is 36.0 Å². The Morgan fingerprint density at radius 2 is 2.17 bits per heavy atom. The Labute approximate surface area is 106 Å². The third-order valence-electron chi connectivity index (χ3n) is 2.62. The second kappa shape index (κ2) is 5.59. The molecule has 0 aromatic carbocycles. The molecular formula is C12H17N5O. The van der Waals surface area contributed by atoms with Gasteiger partial charge in [-0.2, -0.15) is 5.10 Å². The van der Waals surface area contributed by atoms with E-state index < -0.39 is 0 Å². The highest BCUT2D eigenvalue weighted by Crippen LogP contribution is 2.25. The molecule has 1 N–H and O–H groups in total. The molecule has 0 amide bonds. The van der Waals surface area contributed by atoms with E-state index in [1.165, 1.54) is 0 Å². The molecule has 0 bridgehead atoms. The molecule has 0 spiro atoms. The van der Waals surface area contributed by atoms with Gasteiger partial charge in [-0.15, -0.1) is 0 Å². The standard InChI is InChI=1S/C12H17N5O/c1-4-13-10(9-7-16-17(2)8-9)11-12(18-3)15-6-5-14-11/h5-8,10,13H,4H2,1-3H3. The lowest BCUT2D eigenvalue weighted by Gasteiger charge is -2.17. The summed E-state index contributed by atoms with van der Waals surface area (Å²) in [5, 5.41) is 7.56. The predicted octanol–water partition coefficient (Wildman–Crippen LogP) is 0.918. The zero-order chi connectivity index (χ0) is 13.0. The Morgan fingerprint density at radius 1 is 1.39 bits per heavy atom. The van der Waals surface area contributed by atoms with Crippen LogP contribution in [0, 0.1) is 0 Å². The Bertz CT molecular complexity index is 511. The van der Waals surface area contributed by atoms with Crippen LogP contribution < -0.4 is 10.1 Å². The first-order valence-corrected chi connectivity index (χ1v) is 5.83. The fourth-order valence-corrected chi connectivity index (χ4v) is 1.86. The Kier molecular flexibility index (Phi) is 3.88. The van der Waals surface area contributed by atoms with Gasteiger partial charge in [-0.3, -0.25) is 9.67 Å². The number of aryl methyl sites for hydroxylation is 1. The quantitative estimate of drug-likeness (QED) is 0.851. The van der Waals surface area contributed by atoms with Crippen molar-refractivity contribution in [2.45, 2.75) is 13.0 Å². The normalized spacial score (nSPS) is 12.4. The molecule has 0 fully saturated rings. The van der Waals surface area contributed by atoms with Gasteiger partial charge in [0.25, 0.3) is 0 Å². The molecule has 18 heavy (non-hydrogen) atoms. The monoisotopic (exact) mass is 247 g/mol. The highest BCUT2D eigenvalue weighted by Gasteiger charge is 2.20. The summed E-state index contributed by atoms with van der Waals surface area (Å²) in [6.45, 7) is 2.87. The summed E-state index contributed by atoms with van der Waals surface area (Å²) in [5.74, 6) is 0.535. The number of hydrogen-bond donors (Lipinski definition) is 1. The van der Waals surface area contributed by atoms with Gasteiger partial charge in [-0.1, -0.05) is 6.92 Å². The van der Waals surface area contributed by atoms with Crippen LogP contribution >= 0.6 is 0 Å². The fraction of sp³-hybridized carbons (Fsp3) is 0.417. The van der Waals surface area contributed by atoms with Gasteiger partial charge in [0, 0.05) is 31.2 Å². The molecule has 0 aliphatic carbocycles. The third kappa shape index (κ3) is 2.48. The van der Waals surface area contributed by atoms with E-state index in [9.17, 15) is 0 Å². The van der Waals surface area contributed by atoms with E-state index in [1.807, 2.05) is 26.4 Å². The number of methoxy groups -OCH3 is 1. The van der Waals surface area contributed by atoms with Gasteiger partial charge >= 0.3 is 0 Å². The summed E-state index contributed by atoms with van der Waals surface area (Å²) in [6, 6.07) is -0.0626. The highest BCUT2D eigenvalue weighted by atomic mass is 16.5. The summed E-state index contributed by atoms with van der Waals surface area (Å²) in [5.41, 5.74) is 1.81. The average Bonchev–Trinajstić information content (AvgIpc) is 2.82. The minimum absolute atomic E-state index is 0.0626. The van der Waals surface area contributed by atoms with E-state index in [-0.39, 0.29) is 6.04 Å². The molecule has 2 aromatic heterocycles. The summed E-state index contributed by atoms with van der Waals surface area (Å²) >= 11 is 0. The second-order valence-electron chi connectivity index (χ2n) is 3.89. The van der Waals surface area contributed by atoms with E-state index in [4.69, 9.17) is 4.74 Å². The van der Waals surface area contributed by atoms with Crippen molar-refractivity contribution in [3.63, 3.8) is 0 Å². The molecule has 6 nitrogen and oxygen atoms in total. The van der Waals surface area contributed by atoms with Crippen LogP contribution in [0.3, 0.4) is 0 Å². The largest absolute Gasteiger partial charge is 0.480 e. The molecule has 0 saturated heterocycles. The first-order chi connectivity index (χ1) is 8.76. The summed E-state index contributed by atoms with van der Waals surface area (Å²) in [7, 11) is 3.49. The Hall–Kier alpha value is -1.95. The maximum atomic E-state index is 5.26. The van der Waals surface area contributed by atoms with Crippen LogP contribution in [0.5, 0.6) is 5.88 Å². The first kappa shape index (κ1) is 12.5. The number of aromatic nitrogens is 4. The molecule has 2 rings (SSSR count). The fourth-order valence-electron chi connectivity index (χ4n) is 1.86. The molecular weight excluding hydrogens is 230 g/mol. The maximum Gasteiger partial charge on any atom is 0.237 e. The second-order valence-corrected chi connectivity index (χ2v) is 3.89. The average molecular weight is 247 g/mol. The molecule has 1 unspecified atom stereocenters. The Morgan fingerprint density at radius 3 is 2.78 bits per heavy atom. The van der Waals surface area contributed by atoms with Gasteiger partial charge in [-0.05, 0) is 6.54 Å². The van der Waals surface area contributed by atoms with Crippen molar-refractivity contribution >= 4 is 0 Å². The summed E-state index contributed by atoms with van der Waals surface area (Å²) in [4.78, 5) is 8.55. The van der Waals surface area contributed by atoms with Crippen molar-refractivity contribution in [2.75, 3.05) is 13.7 Å². The van der Waals surface area contributed by atoms with Crippen molar-refractivity contribution in [1.29, 1.82) is 0 Å². The van der Waals surface area contributed by atoms with Crippen molar-refractivity contribution in [1.82, 2.24) is 25.1 Å². The lowest BCUT2D eigenvalue weighted by Crippen LogP contribution is -2.23. The van der Waals surface area contributed by atoms with Crippen LogP contribution in [-0.4, -0.2) is 33.4 Å². The van der Waals surface area contributed by atoms with Gasteiger partial charge < -0.3 is 10.1 Å². The van der Waals surface area contributed by atoms with Crippen molar-refractivity contribution in [2.24, 2.45) is 7.05 Å². The van der Waals surface area contributed by atoms with Crippen molar-refractivity contribution in [3.8, 4) is 5.88 Å². The molecule has 0 radical (unpaired) electrons. The minimum atomic E-state index is -0.0626. The number of rotatable bonds is 5. The molecule has 2 heterocycles. The van der Waals surface area contributed by atoms with Gasteiger partial charge in [-0.25, -0.2) is 4.98 Å². The topological polar surface area (TPSA) is 64.9 Å². The predicted molar refractivity (Wildman–Crippen MR) is 67.3 cm³/mol. The van der Waals surface area contributed by atoms with Crippen LogP contribution in [0.15, 0.2) is 24.8 Å². The van der Waals surface area contributed by atoms with Gasteiger partial charge in [0.15, 0.2) is 0 Å². The van der Waals surface area contributed by atoms with Crippen LogP contribution in [0.4, 0.5) is 0 Å². The zero-order valence-electron chi connectivity index (χ0n) is 10.8. The first-order valence-electron chi connectivity index (χ1n) is 5.83. The summed E-state index contributed by atoms with van der Waals surface area (Å²) < 4.78 is 7.03. The lowest BCUT2D eigenvalue weighted by molar-refractivity contribution is 0.383. The molecule has 1 atom stereocenters. The van der Waals surface area contributed by atoms with Crippen LogP contribution in [0.2, 0.25) is 0 Å². The molecule has 2 aromatic rings. The van der Waals surface area contributed by atoms with E-state index in [2.05, 4.69) is 20.4 Å². The van der Waals surface area contributed by atoms with Gasteiger partial charge in [0.2, 0.25) is 5.88 Å². The van der Waals surface area contributed by atoms with E-state index in [0.717, 1.165) is 17.8 Å². The molecule has 0 aliphatic heterocycles. The maximum absolute atomic E-state index is 5.26. The highest BCUT2D eigenvalue weighted by molar-refractivity contribution is 5.30. The van der Waals surface area contributed by atoms with Gasteiger partial charge in [0.05, 0.1) is 19.3 Å². The molecule has 6 heteroatoms. The molecule has 0 aliphatic rings. The van der Waals surface area contributed by atoms with Gasteiger partial charge in [0.1, 0.15) is 5.69 Å². The SMILES string of the molecule is CCNC(c1cnn(C)c1)c1nccnc1OC. The number of nitrogens with one attached hydrogen (secondary N) is 1. The minimum Gasteiger partial charge on any atom is -0.480 e. The smallest absolute Gasteiger partial charge is 0.237 e. The number of nitrogens with zero attached hydrogens (tertiary/aromatic N) is 4. The zero-order valence-corrected chi connectivity index (χ0v) is 10.8. The van der Waals surface area contributed by atoms with Crippen molar-refractivity contribution < 1.29 is 4.74 Å². The summed E-state index contributed by atoms with van der Waals surface area (Å²) in [6.07, 6.45) is 7.07.